The van der Waals surface area contributed by atoms with Gasteiger partial charge in [0.2, 0.25) is 0 Å². The van der Waals surface area contributed by atoms with Gasteiger partial charge in [-0.3, -0.25) is 4.79 Å². The fourth-order valence-electron chi connectivity index (χ4n) is 0.746. The summed E-state index contributed by atoms with van der Waals surface area (Å²) in [6.07, 6.45) is 0. The van der Waals surface area contributed by atoms with Gasteiger partial charge in [0.1, 0.15) is 5.82 Å². The highest BCUT2D eigenvalue weighted by molar-refractivity contribution is 5.93. The van der Waals surface area contributed by atoms with E-state index in [4.69, 9.17) is 0 Å². The normalized spacial score (nSPS) is 8.31. The lowest BCUT2D eigenvalue weighted by Gasteiger charge is -1.97. The Morgan fingerprint density at radius 1 is 1.23 bits per heavy atom. The first-order valence-corrected chi connectivity index (χ1v) is 4.21. The van der Waals surface area contributed by atoms with Gasteiger partial charge in [0.15, 0.2) is 0 Å². The smallest absolute Gasteiger partial charge is 0.251 e. The molecule has 13 heavy (non-hydrogen) atoms. The van der Waals surface area contributed by atoms with Crippen molar-refractivity contribution < 1.29 is 9.18 Å². The summed E-state index contributed by atoms with van der Waals surface area (Å²) < 4.78 is 12.3. The van der Waals surface area contributed by atoms with Gasteiger partial charge in [-0.05, 0) is 24.3 Å². The lowest BCUT2D eigenvalue weighted by atomic mass is 10.2. The van der Waals surface area contributed by atoms with Crippen LogP contribution in [0, 0.1) is 5.82 Å². The van der Waals surface area contributed by atoms with Crippen molar-refractivity contribution >= 4 is 5.91 Å². The van der Waals surface area contributed by atoms with Gasteiger partial charge in [-0.25, -0.2) is 4.39 Å². The van der Waals surface area contributed by atoms with Crippen LogP contribution >= 0.6 is 0 Å². The number of amides is 1. The maximum absolute atomic E-state index is 12.3. The van der Waals surface area contributed by atoms with Gasteiger partial charge in [0, 0.05) is 12.6 Å². The van der Waals surface area contributed by atoms with Crippen molar-refractivity contribution in [3.63, 3.8) is 0 Å². The Kier molecular flexibility index (Phi) is 5.52. The highest BCUT2D eigenvalue weighted by atomic mass is 19.1. The van der Waals surface area contributed by atoms with Crippen molar-refractivity contribution in [1.29, 1.82) is 0 Å². The van der Waals surface area contributed by atoms with Crippen molar-refractivity contribution in [3.05, 3.63) is 35.6 Å². The number of carbonyl (C=O) groups excluding carboxylic acids is 1. The van der Waals surface area contributed by atoms with E-state index in [0.29, 0.717) is 5.56 Å². The molecule has 0 bridgehead atoms. The lowest BCUT2D eigenvalue weighted by molar-refractivity contribution is 0.0963. The second-order valence-electron chi connectivity index (χ2n) is 2.09. The molecule has 1 aromatic rings. The minimum Gasteiger partial charge on any atom is -0.355 e. The molecule has 3 heteroatoms. The van der Waals surface area contributed by atoms with E-state index in [1.807, 2.05) is 13.8 Å². The Labute approximate surface area is 77.8 Å². The predicted octanol–water partition coefficient (Wildman–Crippen LogP) is 2.21. The van der Waals surface area contributed by atoms with E-state index in [-0.39, 0.29) is 11.7 Å². The molecule has 0 fully saturated rings. The predicted molar refractivity (Wildman–Crippen MR) is 51.1 cm³/mol. The second-order valence-corrected chi connectivity index (χ2v) is 2.09. The van der Waals surface area contributed by atoms with Gasteiger partial charge >= 0.3 is 0 Å². The number of carbonyl (C=O) groups is 1. The summed E-state index contributed by atoms with van der Waals surface area (Å²) >= 11 is 0. The molecule has 0 spiro atoms. The Hall–Kier alpha value is -1.38. The van der Waals surface area contributed by atoms with Gasteiger partial charge < -0.3 is 5.32 Å². The maximum atomic E-state index is 12.3. The summed E-state index contributed by atoms with van der Waals surface area (Å²) in [4.78, 5) is 10.9. The van der Waals surface area contributed by atoms with Crippen molar-refractivity contribution in [2.24, 2.45) is 0 Å². The summed E-state index contributed by atoms with van der Waals surface area (Å²) in [6.45, 7) is 4.00. The summed E-state index contributed by atoms with van der Waals surface area (Å²) in [7, 11) is 1.53. The molecule has 0 aliphatic carbocycles. The van der Waals surface area contributed by atoms with Crippen molar-refractivity contribution in [2.75, 3.05) is 7.05 Å². The van der Waals surface area contributed by atoms with Gasteiger partial charge in [0.25, 0.3) is 5.91 Å². The average molecular weight is 183 g/mol. The van der Waals surface area contributed by atoms with Crippen LogP contribution < -0.4 is 5.32 Å². The molecule has 1 aromatic carbocycles. The molecule has 0 aliphatic rings. The Morgan fingerprint density at radius 2 is 1.69 bits per heavy atom. The van der Waals surface area contributed by atoms with Crippen LogP contribution in [0.25, 0.3) is 0 Å². The molecule has 2 nitrogen and oxygen atoms in total. The molecule has 0 atom stereocenters. The van der Waals surface area contributed by atoms with E-state index >= 15 is 0 Å². The Bertz CT molecular complexity index is 256. The molecule has 0 heterocycles. The first-order valence-electron chi connectivity index (χ1n) is 4.21. The fraction of sp³-hybridized carbons (Fsp3) is 0.300. The van der Waals surface area contributed by atoms with E-state index in [2.05, 4.69) is 5.32 Å². The fourth-order valence-corrected chi connectivity index (χ4v) is 0.746. The topological polar surface area (TPSA) is 29.1 Å². The molecule has 1 amide bonds. The highest BCUT2D eigenvalue weighted by Gasteiger charge is 2.00. The molecule has 0 saturated heterocycles. The quantitative estimate of drug-likeness (QED) is 0.710. The van der Waals surface area contributed by atoms with Crippen molar-refractivity contribution in [1.82, 2.24) is 5.32 Å². The van der Waals surface area contributed by atoms with E-state index < -0.39 is 0 Å². The molecule has 0 aromatic heterocycles. The van der Waals surface area contributed by atoms with Crippen LogP contribution in [-0.2, 0) is 0 Å². The van der Waals surface area contributed by atoms with Crippen LogP contribution in [0.2, 0.25) is 0 Å². The third-order valence-electron chi connectivity index (χ3n) is 1.33. The molecule has 0 radical (unpaired) electrons. The second kappa shape index (κ2) is 6.17. The molecule has 0 saturated carbocycles. The minimum absolute atomic E-state index is 0.204. The minimum atomic E-state index is -0.336. The maximum Gasteiger partial charge on any atom is 0.251 e. The summed E-state index contributed by atoms with van der Waals surface area (Å²) in [5.41, 5.74) is 0.467. The third kappa shape index (κ3) is 3.69. The van der Waals surface area contributed by atoms with E-state index in [1.54, 1.807) is 0 Å². The van der Waals surface area contributed by atoms with Gasteiger partial charge in [-0.1, -0.05) is 13.8 Å². The van der Waals surface area contributed by atoms with E-state index in [0.717, 1.165) is 0 Å². The number of rotatable bonds is 1. The summed E-state index contributed by atoms with van der Waals surface area (Å²) in [5, 5.41) is 2.44. The largest absolute Gasteiger partial charge is 0.355 e. The number of hydrogen-bond donors (Lipinski definition) is 1. The van der Waals surface area contributed by atoms with Crippen molar-refractivity contribution in [3.8, 4) is 0 Å². The molecular formula is C10H14FNO. The first kappa shape index (κ1) is 11.6. The third-order valence-corrected chi connectivity index (χ3v) is 1.33. The zero-order valence-electron chi connectivity index (χ0n) is 8.10. The van der Waals surface area contributed by atoms with Crippen molar-refractivity contribution in [2.45, 2.75) is 13.8 Å². The van der Waals surface area contributed by atoms with Crippen LogP contribution in [0.4, 0.5) is 4.39 Å². The highest BCUT2D eigenvalue weighted by Crippen LogP contribution is 2.01. The Balaban J connectivity index is 0.000000671. The average Bonchev–Trinajstić information content (AvgIpc) is 2.21. The van der Waals surface area contributed by atoms with E-state index in [9.17, 15) is 9.18 Å². The van der Waals surface area contributed by atoms with Crippen LogP contribution in [-0.4, -0.2) is 13.0 Å². The molecule has 1 N–H and O–H groups in total. The van der Waals surface area contributed by atoms with E-state index in [1.165, 1.54) is 31.3 Å². The number of hydrogen-bond acceptors (Lipinski definition) is 1. The standard InChI is InChI=1S/C8H8FNO.C2H6/c1-10-8(11)6-2-4-7(9)5-3-6;1-2/h2-5H,1H3,(H,10,11);1-2H3. The number of nitrogens with one attached hydrogen (secondary N) is 1. The number of halogens is 1. The molecule has 0 aliphatic heterocycles. The molecule has 72 valence electrons. The summed E-state index contributed by atoms with van der Waals surface area (Å²) in [5.74, 6) is -0.539. The Morgan fingerprint density at radius 3 is 2.08 bits per heavy atom. The van der Waals surface area contributed by atoms with Crippen LogP contribution in [0.5, 0.6) is 0 Å². The monoisotopic (exact) mass is 183 g/mol. The van der Waals surface area contributed by atoms with Crippen LogP contribution in [0.15, 0.2) is 24.3 Å². The SMILES string of the molecule is CC.CNC(=O)c1ccc(F)cc1. The zero-order chi connectivity index (χ0) is 10.3. The van der Waals surface area contributed by atoms with Crippen LogP contribution in [0.1, 0.15) is 24.2 Å². The lowest BCUT2D eigenvalue weighted by Crippen LogP contribution is -2.17. The first-order chi connectivity index (χ1) is 6.24. The molecular weight excluding hydrogens is 169 g/mol. The zero-order valence-corrected chi connectivity index (χ0v) is 8.10. The van der Waals surface area contributed by atoms with Gasteiger partial charge in [-0.2, -0.15) is 0 Å². The molecule has 1 rings (SSSR count). The molecule has 0 unspecified atom stereocenters. The summed E-state index contributed by atoms with van der Waals surface area (Å²) in [6, 6.07) is 5.39. The number of benzene rings is 1. The van der Waals surface area contributed by atoms with Crippen LogP contribution in [0.3, 0.4) is 0 Å². The van der Waals surface area contributed by atoms with Gasteiger partial charge in [-0.15, -0.1) is 0 Å². The van der Waals surface area contributed by atoms with Gasteiger partial charge in [0.05, 0.1) is 0 Å².